The molecule has 0 radical (unpaired) electrons. The largest absolute Gasteiger partial charge is 0.465 e. The van der Waals surface area contributed by atoms with Gasteiger partial charge in [0.2, 0.25) is 0 Å². The van der Waals surface area contributed by atoms with Crippen molar-refractivity contribution in [1.29, 1.82) is 0 Å². The summed E-state index contributed by atoms with van der Waals surface area (Å²) in [6, 6.07) is 3.81. The number of nitrogens with two attached hydrogens (primary N) is 1. The van der Waals surface area contributed by atoms with E-state index in [0.717, 1.165) is 17.1 Å². The fraction of sp³-hybridized carbons (Fsp3) is 0.250. The van der Waals surface area contributed by atoms with Crippen molar-refractivity contribution in [1.82, 2.24) is 9.36 Å². The fourth-order valence-electron chi connectivity index (χ4n) is 1.63. The summed E-state index contributed by atoms with van der Waals surface area (Å²) in [7, 11) is 1.31. The Hall–Kier alpha value is -2.15. The van der Waals surface area contributed by atoms with E-state index in [1.165, 1.54) is 7.11 Å². The normalized spacial score (nSPS) is 11.9. The first kappa shape index (κ1) is 13.3. The van der Waals surface area contributed by atoms with Crippen molar-refractivity contribution in [3.8, 4) is 0 Å². The van der Waals surface area contributed by atoms with Crippen molar-refractivity contribution in [2.75, 3.05) is 18.2 Å². The van der Waals surface area contributed by atoms with Gasteiger partial charge in [-0.1, -0.05) is 0 Å². The third-order valence-corrected chi connectivity index (χ3v) is 3.45. The molecular weight excluding hydrogens is 264 g/mol. The number of rotatable bonds is 4. The number of hydrogen-bond donors (Lipinski definition) is 2. The lowest BCUT2D eigenvalue weighted by Crippen LogP contribution is -2.11. The predicted molar refractivity (Wildman–Crippen MR) is 74.1 cm³/mol. The quantitative estimate of drug-likeness (QED) is 0.832. The molecule has 100 valence electrons. The van der Waals surface area contributed by atoms with Gasteiger partial charge in [0.15, 0.2) is 5.82 Å². The number of ether oxygens (including phenoxy) is 1. The Morgan fingerprint density at radius 1 is 1.47 bits per heavy atom. The molecule has 1 atom stereocenters. The third kappa shape index (κ3) is 2.82. The number of anilines is 2. The average molecular weight is 278 g/mol. The Kier molecular flexibility index (Phi) is 3.96. The van der Waals surface area contributed by atoms with Crippen molar-refractivity contribution in [3.63, 3.8) is 0 Å². The highest BCUT2D eigenvalue weighted by Gasteiger charge is 2.21. The molecule has 6 nitrogen and oxygen atoms in total. The number of methoxy groups -OCH3 is 1. The van der Waals surface area contributed by atoms with E-state index in [4.69, 9.17) is 10.5 Å². The summed E-state index contributed by atoms with van der Waals surface area (Å²) in [5, 5.41) is 3.82. The van der Waals surface area contributed by atoms with Crippen LogP contribution in [0.25, 0.3) is 0 Å². The molecule has 0 aliphatic heterocycles. The minimum atomic E-state index is -0.490. The minimum Gasteiger partial charge on any atom is -0.465 e. The molecule has 0 fully saturated rings. The molecule has 1 unspecified atom stereocenters. The van der Waals surface area contributed by atoms with Gasteiger partial charge in [-0.3, -0.25) is 4.98 Å². The van der Waals surface area contributed by atoms with E-state index >= 15 is 0 Å². The van der Waals surface area contributed by atoms with Crippen LogP contribution in [0.3, 0.4) is 0 Å². The van der Waals surface area contributed by atoms with Crippen molar-refractivity contribution in [2.24, 2.45) is 0 Å². The number of carbonyl (C=O) groups is 1. The second-order valence-electron chi connectivity index (χ2n) is 3.91. The molecule has 3 N–H and O–H groups in total. The molecule has 2 heterocycles. The molecule has 7 heteroatoms. The number of aromatic nitrogens is 2. The maximum absolute atomic E-state index is 11.6. The lowest BCUT2D eigenvalue weighted by Gasteiger charge is -2.14. The van der Waals surface area contributed by atoms with E-state index in [9.17, 15) is 4.79 Å². The van der Waals surface area contributed by atoms with E-state index in [2.05, 4.69) is 14.7 Å². The number of esters is 1. The van der Waals surface area contributed by atoms with Gasteiger partial charge in [-0.15, -0.1) is 0 Å². The van der Waals surface area contributed by atoms with Gasteiger partial charge < -0.3 is 15.8 Å². The highest BCUT2D eigenvalue weighted by molar-refractivity contribution is 7.11. The summed E-state index contributed by atoms with van der Waals surface area (Å²) in [6.45, 7) is 1.98. The topological polar surface area (TPSA) is 90.1 Å². The zero-order valence-corrected chi connectivity index (χ0v) is 11.4. The van der Waals surface area contributed by atoms with Crippen LogP contribution in [0, 0.1) is 0 Å². The number of nitrogens with one attached hydrogen (secondary N) is 1. The maximum atomic E-state index is 11.6. The van der Waals surface area contributed by atoms with Gasteiger partial charge in [0, 0.05) is 18.4 Å². The Labute approximate surface area is 114 Å². The van der Waals surface area contributed by atoms with Crippen LogP contribution in [0.2, 0.25) is 0 Å². The van der Waals surface area contributed by atoms with Gasteiger partial charge in [-0.25, -0.2) is 4.79 Å². The second kappa shape index (κ2) is 5.66. The van der Waals surface area contributed by atoms with Gasteiger partial charge >= 0.3 is 5.97 Å². The zero-order valence-electron chi connectivity index (χ0n) is 10.6. The van der Waals surface area contributed by atoms with E-state index in [1.807, 2.05) is 19.1 Å². The molecule has 19 heavy (non-hydrogen) atoms. The Morgan fingerprint density at radius 3 is 2.79 bits per heavy atom. The molecule has 0 aliphatic carbocycles. The molecular formula is C12H14N4O2S. The predicted octanol–water partition coefficient (Wildman–Crippen LogP) is 2.08. The Balaban J connectivity index is 2.22. The number of nitrogens with zero attached hydrogens (tertiary/aromatic N) is 2. The first-order valence-electron chi connectivity index (χ1n) is 5.63. The molecule has 2 aromatic rings. The summed E-state index contributed by atoms with van der Waals surface area (Å²) in [6.07, 6.45) is 3.44. The summed E-state index contributed by atoms with van der Waals surface area (Å²) in [5.41, 5.74) is 7.02. The first-order valence-corrected chi connectivity index (χ1v) is 6.40. The zero-order chi connectivity index (χ0) is 13.8. The maximum Gasteiger partial charge on any atom is 0.344 e. The Morgan fingerprint density at radius 2 is 2.16 bits per heavy atom. The average Bonchev–Trinajstić information content (AvgIpc) is 2.80. The molecule has 0 spiro atoms. The van der Waals surface area contributed by atoms with Crippen molar-refractivity contribution < 1.29 is 9.53 Å². The van der Waals surface area contributed by atoms with Crippen molar-refractivity contribution >= 4 is 28.3 Å². The standard InChI is InChI=1S/C12H14N4O2S/c1-7(8-3-5-14-6-4-8)15-11-9(12(17)18-2)10(13)16-19-11/h3-7,15H,1-2H3,(H2,13,16). The van der Waals surface area contributed by atoms with E-state index in [1.54, 1.807) is 12.4 Å². The van der Waals surface area contributed by atoms with Crippen LogP contribution in [0.1, 0.15) is 28.9 Å². The molecule has 2 rings (SSSR count). The van der Waals surface area contributed by atoms with Crippen LogP contribution in [0.5, 0.6) is 0 Å². The van der Waals surface area contributed by atoms with E-state index in [0.29, 0.717) is 5.00 Å². The SMILES string of the molecule is COC(=O)c1c(N)nsc1NC(C)c1ccncc1. The van der Waals surface area contributed by atoms with Gasteiger partial charge in [0.1, 0.15) is 10.6 Å². The minimum absolute atomic E-state index is 0.00579. The van der Waals surface area contributed by atoms with Gasteiger partial charge in [0.05, 0.1) is 7.11 Å². The van der Waals surface area contributed by atoms with Gasteiger partial charge in [-0.05, 0) is 36.2 Å². The van der Waals surface area contributed by atoms with Crippen LogP contribution >= 0.6 is 11.5 Å². The van der Waals surface area contributed by atoms with Crippen LogP contribution in [-0.2, 0) is 4.74 Å². The monoisotopic (exact) mass is 278 g/mol. The number of carbonyl (C=O) groups excluding carboxylic acids is 1. The second-order valence-corrected chi connectivity index (χ2v) is 4.68. The van der Waals surface area contributed by atoms with Crippen LogP contribution in [0.15, 0.2) is 24.5 Å². The fourth-order valence-corrected chi connectivity index (χ4v) is 2.42. The third-order valence-electron chi connectivity index (χ3n) is 2.66. The molecule has 0 amide bonds. The molecule has 0 aliphatic rings. The lowest BCUT2D eigenvalue weighted by molar-refractivity contribution is 0.0603. The lowest BCUT2D eigenvalue weighted by atomic mass is 10.1. The van der Waals surface area contributed by atoms with Gasteiger partial charge in [-0.2, -0.15) is 4.37 Å². The highest BCUT2D eigenvalue weighted by Crippen LogP contribution is 2.30. The van der Waals surface area contributed by atoms with Crippen LogP contribution in [0.4, 0.5) is 10.8 Å². The van der Waals surface area contributed by atoms with Gasteiger partial charge in [0.25, 0.3) is 0 Å². The number of pyridine rings is 1. The number of hydrogen-bond acceptors (Lipinski definition) is 7. The summed E-state index contributed by atoms with van der Waals surface area (Å²) in [5.74, 6) is -0.308. The highest BCUT2D eigenvalue weighted by atomic mass is 32.1. The van der Waals surface area contributed by atoms with Crippen LogP contribution < -0.4 is 11.1 Å². The molecule has 0 saturated carbocycles. The van der Waals surface area contributed by atoms with Crippen molar-refractivity contribution in [3.05, 3.63) is 35.7 Å². The summed E-state index contributed by atoms with van der Waals surface area (Å²) in [4.78, 5) is 15.6. The van der Waals surface area contributed by atoms with Crippen molar-refractivity contribution in [2.45, 2.75) is 13.0 Å². The van der Waals surface area contributed by atoms with Crippen LogP contribution in [-0.4, -0.2) is 22.4 Å². The Bertz CT molecular complexity index is 570. The molecule has 2 aromatic heterocycles. The van der Waals surface area contributed by atoms with E-state index in [-0.39, 0.29) is 17.4 Å². The summed E-state index contributed by atoms with van der Waals surface area (Å²) >= 11 is 1.14. The summed E-state index contributed by atoms with van der Waals surface area (Å²) < 4.78 is 8.68. The molecule has 0 saturated heterocycles. The number of nitrogen functional groups attached to an aromatic ring is 1. The molecule has 0 aromatic carbocycles. The van der Waals surface area contributed by atoms with E-state index < -0.39 is 5.97 Å². The smallest absolute Gasteiger partial charge is 0.344 e. The first-order chi connectivity index (χ1) is 9.13. The molecule has 0 bridgehead atoms.